The number of hydrogen-bond donors (Lipinski definition) is 2. The SMILES string of the molecule is CC(C)CNC(=O)C(C)Nc1cccc(N(C)C)c1. The second-order valence-corrected chi connectivity index (χ2v) is 5.45. The van der Waals surface area contributed by atoms with Gasteiger partial charge in [0.15, 0.2) is 0 Å². The van der Waals surface area contributed by atoms with Crippen molar-refractivity contribution >= 4 is 17.3 Å². The summed E-state index contributed by atoms with van der Waals surface area (Å²) in [6.07, 6.45) is 0. The van der Waals surface area contributed by atoms with Gasteiger partial charge < -0.3 is 15.5 Å². The number of nitrogens with zero attached hydrogens (tertiary/aromatic N) is 1. The molecule has 0 saturated carbocycles. The van der Waals surface area contributed by atoms with Crippen LogP contribution in [0.3, 0.4) is 0 Å². The molecule has 0 aromatic heterocycles. The van der Waals surface area contributed by atoms with Crippen molar-refractivity contribution in [3.05, 3.63) is 24.3 Å². The summed E-state index contributed by atoms with van der Waals surface area (Å²) < 4.78 is 0. The molecule has 1 amide bonds. The van der Waals surface area contributed by atoms with Crippen LogP contribution in [0.2, 0.25) is 0 Å². The highest BCUT2D eigenvalue weighted by atomic mass is 16.2. The highest BCUT2D eigenvalue weighted by Gasteiger charge is 2.12. The molecule has 0 radical (unpaired) electrons. The van der Waals surface area contributed by atoms with E-state index in [2.05, 4.69) is 24.5 Å². The van der Waals surface area contributed by atoms with Crippen molar-refractivity contribution in [1.29, 1.82) is 0 Å². The smallest absolute Gasteiger partial charge is 0.242 e. The fourth-order valence-corrected chi connectivity index (χ4v) is 1.65. The van der Waals surface area contributed by atoms with Crippen LogP contribution in [-0.2, 0) is 4.79 Å². The zero-order valence-electron chi connectivity index (χ0n) is 12.5. The third-order valence-corrected chi connectivity index (χ3v) is 2.82. The molecule has 0 spiro atoms. The van der Waals surface area contributed by atoms with Crippen molar-refractivity contribution in [2.24, 2.45) is 5.92 Å². The minimum Gasteiger partial charge on any atom is -0.378 e. The summed E-state index contributed by atoms with van der Waals surface area (Å²) in [5.41, 5.74) is 2.07. The maximum Gasteiger partial charge on any atom is 0.242 e. The molecule has 1 atom stereocenters. The Morgan fingerprint density at radius 3 is 2.53 bits per heavy atom. The largest absolute Gasteiger partial charge is 0.378 e. The van der Waals surface area contributed by atoms with Gasteiger partial charge in [-0.2, -0.15) is 0 Å². The lowest BCUT2D eigenvalue weighted by Gasteiger charge is -2.18. The molecule has 1 aromatic rings. The second-order valence-electron chi connectivity index (χ2n) is 5.45. The summed E-state index contributed by atoms with van der Waals surface area (Å²) in [6, 6.07) is 7.78. The number of amides is 1. The zero-order valence-corrected chi connectivity index (χ0v) is 12.5. The van der Waals surface area contributed by atoms with Crippen molar-refractivity contribution < 1.29 is 4.79 Å². The molecule has 0 heterocycles. The Balaban J connectivity index is 2.58. The maximum absolute atomic E-state index is 11.9. The summed E-state index contributed by atoms with van der Waals surface area (Å²) >= 11 is 0. The molecular formula is C15H25N3O. The first kappa shape index (κ1) is 15.3. The van der Waals surface area contributed by atoms with E-state index in [0.717, 1.165) is 11.4 Å². The van der Waals surface area contributed by atoms with Gasteiger partial charge in [0.2, 0.25) is 5.91 Å². The lowest BCUT2D eigenvalue weighted by molar-refractivity contribution is -0.121. The van der Waals surface area contributed by atoms with Crippen LogP contribution in [0.5, 0.6) is 0 Å². The molecule has 0 aliphatic carbocycles. The molecule has 1 aromatic carbocycles. The van der Waals surface area contributed by atoms with E-state index >= 15 is 0 Å². The first-order valence-electron chi connectivity index (χ1n) is 6.71. The Labute approximate surface area is 116 Å². The van der Waals surface area contributed by atoms with Gasteiger partial charge >= 0.3 is 0 Å². The van der Waals surface area contributed by atoms with E-state index in [-0.39, 0.29) is 11.9 Å². The average Bonchev–Trinajstić information content (AvgIpc) is 2.36. The Morgan fingerprint density at radius 2 is 1.95 bits per heavy atom. The van der Waals surface area contributed by atoms with E-state index in [1.54, 1.807) is 0 Å². The highest BCUT2D eigenvalue weighted by Crippen LogP contribution is 2.17. The summed E-state index contributed by atoms with van der Waals surface area (Å²) in [4.78, 5) is 13.9. The summed E-state index contributed by atoms with van der Waals surface area (Å²) in [5.74, 6) is 0.497. The quantitative estimate of drug-likeness (QED) is 0.828. The number of carbonyl (C=O) groups excluding carboxylic acids is 1. The fraction of sp³-hybridized carbons (Fsp3) is 0.533. The van der Waals surface area contributed by atoms with Gasteiger partial charge in [0.25, 0.3) is 0 Å². The number of benzene rings is 1. The van der Waals surface area contributed by atoms with Gasteiger partial charge in [0.1, 0.15) is 6.04 Å². The lowest BCUT2D eigenvalue weighted by atomic mass is 10.2. The summed E-state index contributed by atoms with van der Waals surface area (Å²) in [7, 11) is 4.00. The molecule has 0 saturated heterocycles. The van der Waals surface area contributed by atoms with Gasteiger partial charge in [-0.15, -0.1) is 0 Å². The molecule has 106 valence electrons. The average molecular weight is 263 g/mol. The van der Waals surface area contributed by atoms with Gasteiger partial charge in [-0.25, -0.2) is 0 Å². The monoisotopic (exact) mass is 263 g/mol. The fourth-order valence-electron chi connectivity index (χ4n) is 1.65. The molecule has 19 heavy (non-hydrogen) atoms. The minimum absolute atomic E-state index is 0.0314. The van der Waals surface area contributed by atoms with Crippen LogP contribution in [0.4, 0.5) is 11.4 Å². The van der Waals surface area contributed by atoms with Crippen molar-refractivity contribution in [3.8, 4) is 0 Å². The van der Waals surface area contributed by atoms with Crippen LogP contribution in [0, 0.1) is 5.92 Å². The standard InChI is InChI=1S/C15H25N3O/c1-11(2)10-16-15(19)12(3)17-13-7-6-8-14(9-13)18(4)5/h6-9,11-12,17H,10H2,1-5H3,(H,16,19). The predicted molar refractivity (Wildman–Crippen MR) is 81.7 cm³/mol. The molecule has 4 nitrogen and oxygen atoms in total. The van der Waals surface area contributed by atoms with E-state index in [4.69, 9.17) is 0 Å². The Morgan fingerprint density at radius 1 is 1.26 bits per heavy atom. The Kier molecular flexibility index (Phi) is 5.67. The van der Waals surface area contributed by atoms with E-state index in [9.17, 15) is 4.79 Å². The zero-order chi connectivity index (χ0) is 14.4. The van der Waals surface area contributed by atoms with E-state index < -0.39 is 0 Å². The molecule has 0 bridgehead atoms. The molecular weight excluding hydrogens is 238 g/mol. The first-order chi connectivity index (χ1) is 8.90. The first-order valence-corrected chi connectivity index (χ1v) is 6.71. The number of nitrogens with one attached hydrogen (secondary N) is 2. The van der Waals surface area contributed by atoms with Crippen LogP contribution in [0.1, 0.15) is 20.8 Å². The molecule has 0 aliphatic heterocycles. The molecule has 1 rings (SSSR count). The van der Waals surface area contributed by atoms with Gasteiger partial charge in [0, 0.05) is 32.0 Å². The highest BCUT2D eigenvalue weighted by molar-refractivity contribution is 5.84. The van der Waals surface area contributed by atoms with Gasteiger partial charge in [0.05, 0.1) is 0 Å². The molecule has 0 fully saturated rings. The Hall–Kier alpha value is -1.71. The maximum atomic E-state index is 11.9. The number of hydrogen-bond acceptors (Lipinski definition) is 3. The van der Waals surface area contributed by atoms with Crippen molar-refractivity contribution in [1.82, 2.24) is 5.32 Å². The summed E-state index contributed by atoms with van der Waals surface area (Å²) in [5, 5.41) is 6.15. The van der Waals surface area contributed by atoms with Crippen LogP contribution in [0.25, 0.3) is 0 Å². The van der Waals surface area contributed by atoms with Gasteiger partial charge in [-0.1, -0.05) is 19.9 Å². The normalized spacial score (nSPS) is 12.1. The van der Waals surface area contributed by atoms with Crippen molar-refractivity contribution in [2.45, 2.75) is 26.8 Å². The molecule has 1 unspecified atom stereocenters. The predicted octanol–water partition coefficient (Wildman–Crippen LogP) is 2.33. The van der Waals surface area contributed by atoms with E-state index in [0.29, 0.717) is 12.5 Å². The summed E-state index contributed by atoms with van der Waals surface area (Å²) in [6.45, 7) is 6.75. The number of carbonyl (C=O) groups is 1. The third kappa shape index (κ3) is 5.20. The topological polar surface area (TPSA) is 44.4 Å². The van der Waals surface area contributed by atoms with E-state index in [1.165, 1.54) is 0 Å². The lowest BCUT2D eigenvalue weighted by Crippen LogP contribution is -2.39. The number of rotatable bonds is 6. The van der Waals surface area contributed by atoms with Crippen molar-refractivity contribution in [3.63, 3.8) is 0 Å². The van der Waals surface area contributed by atoms with Crippen LogP contribution in [-0.4, -0.2) is 32.6 Å². The third-order valence-electron chi connectivity index (χ3n) is 2.82. The Bertz CT molecular complexity index is 416. The molecule has 4 heteroatoms. The van der Waals surface area contributed by atoms with Crippen LogP contribution >= 0.6 is 0 Å². The molecule has 2 N–H and O–H groups in total. The van der Waals surface area contributed by atoms with Crippen LogP contribution < -0.4 is 15.5 Å². The molecule has 0 aliphatic rings. The van der Waals surface area contributed by atoms with Crippen LogP contribution in [0.15, 0.2) is 24.3 Å². The second kappa shape index (κ2) is 7.02. The van der Waals surface area contributed by atoms with E-state index in [1.807, 2.05) is 50.2 Å². The van der Waals surface area contributed by atoms with Crippen molar-refractivity contribution in [2.75, 3.05) is 30.9 Å². The number of anilines is 2. The van der Waals surface area contributed by atoms with Gasteiger partial charge in [-0.3, -0.25) is 4.79 Å². The minimum atomic E-state index is -0.240. The van der Waals surface area contributed by atoms with Gasteiger partial charge in [-0.05, 0) is 31.0 Å².